The van der Waals surface area contributed by atoms with Crippen LogP contribution >= 0.6 is 0 Å². The number of rotatable bonds is 8. The number of nitrogens with one attached hydrogen (secondary N) is 1. The Kier molecular flexibility index (Phi) is 8.07. The van der Waals surface area contributed by atoms with Crippen LogP contribution in [-0.2, 0) is 9.53 Å². The number of hydrogen-bond acceptors (Lipinski definition) is 3. The highest BCUT2D eigenvalue weighted by atomic mass is 16.5. The molecule has 19 heavy (non-hydrogen) atoms. The first-order valence-corrected chi connectivity index (χ1v) is 7.65. The Bertz CT molecular complexity index is 259. The van der Waals surface area contributed by atoms with Crippen molar-refractivity contribution in [2.24, 2.45) is 17.6 Å². The Hall–Kier alpha value is -0.610. The SMILES string of the molecule is COCCCC(N)C(=O)NCCC1CCCC(C)C1. The van der Waals surface area contributed by atoms with E-state index in [0.29, 0.717) is 13.0 Å². The van der Waals surface area contributed by atoms with Crippen LogP contribution in [0.4, 0.5) is 0 Å². The molecule has 3 atom stereocenters. The minimum Gasteiger partial charge on any atom is -0.385 e. The van der Waals surface area contributed by atoms with Gasteiger partial charge < -0.3 is 15.8 Å². The molecule has 0 bridgehead atoms. The second kappa shape index (κ2) is 9.32. The van der Waals surface area contributed by atoms with Gasteiger partial charge in [-0.25, -0.2) is 0 Å². The van der Waals surface area contributed by atoms with Crippen LogP contribution in [0.1, 0.15) is 51.9 Å². The minimum atomic E-state index is -0.388. The summed E-state index contributed by atoms with van der Waals surface area (Å²) in [5.41, 5.74) is 5.83. The van der Waals surface area contributed by atoms with Gasteiger partial charge in [0, 0.05) is 20.3 Å². The molecule has 0 heterocycles. The zero-order valence-corrected chi connectivity index (χ0v) is 12.5. The van der Waals surface area contributed by atoms with Crippen molar-refractivity contribution in [2.75, 3.05) is 20.3 Å². The minimum absolute atomic E-state index is 0.0139. The van der Waals surface area contributed by atoms with Gasteiger partial charge in [-0.2, -0.15) is 0 Å². The molecular weight excluding hydrogens is 240 g/mol. The molecule has 0 spiro atoms. The van der Waals surface area contributed by atoms with Gasteiger partial charge in [0.05, 0.1) is 6.04 Å². The molecule has 0 saturated heterocycles. The van der Waals surface area contributed by atoms with E-state index in [2.05, 4.69) is 12.2 Å². The van der Waals surface area contributed by atoms with Crippen molar-refractivity contribution in [2.45, 2.75) is 57.9 Å². The molecule has 4 nitrogen and oxygen atoms in total. The fourth-order valence-electron chi connectivity index (χ4n) is 2.93. The van der Waals surface area contributed by atoms with Crippen molar-refractivity contribution in [3.05, 3.63) is 0 Å². The number of hydrogen-bond donors (Lipinski definition) is 2. The summed E-state index contributed by atoms with van der Waals surface area (Å²) >= 11 is 0. The largest absolute Gasteiger partial charge is 0.385 e. The standard InChI is InChI=1S/C15H30N2O2/c1-12-5-3-6-13(11-12)8-9-17-15(18)14(16)7-4-10-19-2/h12-14H,3-11,16H2,1-2H3,(H,17,18). The molecule has 0 aromatic heterocycles. The Morgan fingerprint density at radius 2 is 2.26 bits per heavy atom. The average Bonchev–Trinajstić information content (AvgIpc) is 2.39. The van der Waals surface area contributed by atoms with Crippen molar-refractivity contribution in [3.63, 3.8) is 0 Å². The van der Waals surface area contributed by atoms with E-state index in [4.69, 9.17) is 10.5 Å². The Balaban J connectivity index is 2.08. The fourth-order valence-corrected chi connectivity index (χ4v) is 2.93. The summed E-state index contributed by atoms with van der Waals surface area (Å²) in [6.45, 7) is 3.77. The van der Waals surface area contributed by atoms with Gasteiger partial charge >= 0.3 is 0 Å². The third-order valence-electron chi connectivity index (χ3n) is 4.10. The third-order valence-corrected chi connectivity index (χ3v) is 4.10. The number of carbonyl (C=O) groups excluding carboxylic acids is 1. The van der Waals surface area contributed by atoms with E-state index >= 15 is 0 Å². The first-order valence-electron chi connectivity index (χ1n) is 7.65. The molecule has 0 aromatic carbocycles. The molecule has 112 valence electrons. The van der Waals surface area contributed by atoms with Crippen LogP contribution in [0.15, 0.2) is 0 Å². The molecule has 1 aliphatic rings. The van der Waals surface area contributed by atoms with Crippen LogP contribution < -0.4 is 11.1 Å². The number of carbonyl (C=O) groups is 1. The van der Waals surface area contributed by atoms with Crippen molar-refractivity contribution >= 4 is 5.91 Å². The van der Waals surface area contributed by atoms with Crippen LogP contribution in [-0.4, -0.2) is 32.2 Å². The number of nitrogens with two attached hydrogens (primary N) is 1. The maximum atomic E-state index is 11.8. The predicted octanol–water partition coefficient (Wildman–Crippen LogP) is 2.07. The molecule has 1 amide bonds. The molecule has 0 radical (unpaired) electrons. The topological polar surface area (TPSA) is 64.3 Å². The Labute approximate surface area is 117 Å². The average molecular weight is 270 g/mol. The fraction of sp³-hybridized carbons (Fsp3) is 0.933. The lowest BCUT2D eigenvalue weighted by atomic mass is 9.81. The Morgan fingerprint density at radius 1 is 1.47 bits per heavy atom. The second-order valence-corrected chi connectivity index (χ2v) is 5.96. The van der Waals surface area contributed by atoms with Gasteiger partial charge in [-0.15, -0.1) is 0 Å². The van der Waals surface area contributed by atoms with Crippen molar-refractivity contribution in [1.29, 1.82) is 0 Å². The second-order valence-electron chi connectivity index (χ2n) is 5.96. The van der Waals surface area contributed by atoms with Crippen molar-refractivity contribution in [3.8, 4) is 0 Å². The molecule has 0 aliphatic heterocycles. The van der Waals surface area contributed by atoms with E-state index in [9.17, 15) is 4.79 Å². The van der Waals surface area contributed by atoms with Gasteiger partial charge in [0.2, 0.25) is 5.91 Å². The molecule has 3 N–H and O–H groups in total. The van der Waals surface area contributed by atoms with Crippen LogP contribution in [0.3, 0.4) is 0 Å². The van der Waals surface area contributed by atoms with Gasteiger partial charge in [0.15, 0.2) is 0 Å². The van der Waals surface area contributed by atoms with E-state index < -0.39 is 0 Å². The molecule has 1 aliphatic carbocycles. The van der Waals surface area contributed by atoms with Crippen LogP contribution in [0.2, 0.25) is 0 Å². The molecule has 4 heteroatoms. The highest BCUT2D eigenvalue weighted by Gasteiger charge is 2.19. The molecule has 0 aromatic rings. The van der Waals surface area contributed by atoms with E-state index in [1.54, 1.807) is 7.11 Å². The molecule has 1 saturated carbocycles. The summed E-state index contributed by atoms with van der Waals surface area (Å²) in [5.74, 6) is 1.62. The van der Waals surface area contributed by atoms with Crippen molar-refractivity contribution < 1.29 is 9.53 Å². The maximum absolute atomic E-state index is 11.8. The van der Waals surface area contributed by atoms with Gasteiger partial charge in [-0.1, -0.05) is 26.2 Å². The van der Waals surface area contributed by atoms with Gasteiger partial charge in [-0.05, 0) is 37.5 Å². The van der Waals surface area contributed by atoms with Crippen LogP contribution in [0.25, 0.3) is 0 Å². The third kappa shape index (κ3) is 6.92. The summed E-state index contributed by atoms with van der Waals surface area (Å²) in [7, 11) is 1.66. The van der Waals surface area contributed by atoms with Crippen molar-refractivity contribution in [1.82, 2.24) is 5.32 Å². The number of methoxy groups -OCH3 is 1. The van der Waals surface area contributed by atoms with E-state index in [-0.39, 0.29) is 11.9 Å². The highest BCUT2D eigenvalue weighted by Crippen LogP contribution is 2.30. The predicted molar refractivity (Wildman–Crippen MR) is 77.8 cm³/mol. The quantitative estimate of drug-likeness (QED) is 0.664. The normalized spacial score (nSPS) is 25.0. The smallest absolute Gasteiger partial charge is 0.236 e. The molecular formula is C15H30N2O2. The van der Waals surface area contributed by atoms with Gasteiger partial charge in [0.1, 0.15) is 0 Å². The summed E-state index contributed by atoms with van der Waals surface area (Å²) in [5, 5.41) is 2.97. The molecule has 1 rings (SSSR count). The van der Waals surface area contributed by atoms with E-state index in [1.165, 1.54) is 25.7 Å². The number of amides is 1. The molecule has 1 fully saturated rings. The summed E-state index contributed by atoms with van der Waals surface area (Å²) < 4.78 is 4.96. The van der Waals surface area contributed by atoms with E-state index in [0.717, 1.165) is 31.2 Å². The van der Waals surface area contributed by atoms with Gasteiger partial charge in [0.25, 0.3) is 0 Å². The summed E-state index contributed by atoms with van der Waals surface area (Å²) in [4.78, 5) is 11.8. The number of ether oxygens (including phenoxy) is 1. The zero-order valence-electron chi connectivity index (χ0n) is 12.5. The highest BCUT2D eigenvalue weighted by molar-refractivity contribution is 5.81. The summed E-state index contributed by atoms with van der Waals surface area (Å²) in [6.07, 6.45) is 7.98. The lowest BCUT2D eigenvalue weighted by Gasteiger charge is -2.26. The van der Waals surface area contributed by atoms with E-state index in [1.807, 2.05) is 0 Å². The Morgan fingerprint density at radius 3 is 2.95 bits per heavy atom. The van der Waals surface area contributed by atoms with Crippen LogP contribution in [0, 0.1) is 11.8 Å². The summed E-state index contributed by atoms with van der Waals surface area (Å²) in [6, 6.07) is -0.388. The monoisotopic (exact) mass is 270 g/mol. The lowest BCUT2D eigenvalue weighted by molar-refractivity contribution is -0.122. The lowest BCUT2D eigenvalue weighted by Crippen LogP contribution is -2.41. The van der Waals surface area contributed by atoms with Gasteiger partial charge in [-0.3, -0.25) is 4.79 Å². The first-order chi connectivity index (χ1) is 9.13. The van der Waals surface area contributed by atoms with Crippen LogP contribution in [0.5, 0.6) is 0 Å². The first kappa shape index (κ1) is 16.4. The molecule has 3 unspecified atom stereocenters. The zero-order chi connectivity index (χ0) is 14.1. The maximum Gasteiger partial charge on any atom is 0.236 e.